The number of imidazole rings is 1. The molecule has 0 N–H and O–H groups in total. The minimum atomic E-state index is -0.968. The minimum Gasteiger partial charge on any atom is -0.333 e. The molecule has 1 aliphatic rings. The molecule has 0 amide bonds. The van der Waals surface area contributed by atoms with Gasteiger partial charge in [0.05, 0.1) is 16.9 Å². The van der Waals surface area contributed by atoms with E-state index in [-0.39, 0.29) is 20.1 Å². The minimum absolute atomic E-state index is 0. The Morgan fingerprint density at radius 3 is 1.92 bits per heavy atom. The monoisotopic (exact) mass is 856 g/mol. The van der Waals surface area contributed by atoms with Crippen LogP contribution in [0.2, 0.25) is 25.2 Å². The second-order valence-corrected chi connectivity index (χ2v) is 20.5. The van der Waals surface area contributed by atoms with Crippen LogP contribution in [0.25, 0.3) is 39.4 Å². The average Bonchev–Trinajstić information content (AvgIpc) is 3.51. The van der Waals surface area contributed by atoms with Crippen molar-refractivity contribution < 1.29 is 22.8 Å². The number of hydrogen-bond donors (Lipinski definition) is 0. The Morgan fingerprint density at radius 1 is 0.740 bits per heavy atom. The molecule has 1 saturated carbocycles. The van der Waals surface area contributed by atoms with Gasteiger partial charge in [-0.25, -0.2) is 0 Å². The summed E-state index contributed by atoms with van der Waals surface area (Å²) in [5, 5.41) is 0. The van der Waals surface area contributed by atoms with Crippen LogP contribution in [0.4, 0.5) is 0 Å². The van der Waals surface area contributed by atoms with E-state index in [2.05, 4.69) is 65.6 Å². The molecule has 0 aliphatic heterocycles. The molecule has 7 rings (SSSR count). The number of fused-ring (bicyclic) bond motifs is 1. The smallest absolute Gasteiger partial charge is 0.0774 e. The molecular weight excluding hydrogens is 803 g/mol. The number of para-hydroxylation sites is 3. The van der Waals surface area contributed by atoms with Crippen molar-refractivity contribution in [3.63, 3.8) is 0 Å². The van der Waals surface area contributed by atoms with E-state index in [0.717, 1.165) is 62.0 Å². The predicted octanol–water partition coefficient (Wildman–Crippen LogP) is 12.7. The molecule has 1 aliphatic carbocycles. The molecule has 0 bridgehead atoms. The second kappa shape index (κ2) is 16.6. The first-order chi connectivity index (χ1) is 24.2. The summed E-state index contributed by atoms with van der Waals surface area (Å²) >= 11 is 0. The summed E-state index contributed by atoms with van der Waals surface area (Å²) < 4.78 is 19.7. The zero-order valence-corrected chi connectivity index (χ0v) is 33.9. The van der Waals surface area contributed by atoms with Gasteiger partial charge in [-0.2, -0.15) is 0 Å². The van der Waals surface area contributed by atoms with E-state index in [4.69, 9.17) is 7.73 Å². The van der Waals surface area contributed by atoms with Gasteiger partial charge in [-0.05, 0) is 71.1 Å². The van der Waals surface area contributed by atoms with E-state index in [1.807, 2.05) is 113 Å². The van der Waals surface area contributed by atoms with Crippen molar-refractivity contribution in [2.24, 2.45) is 0 Å². The van der Waals surface area contributed by atoms with E-state index >= 15 is 0 Å². The Hall–Kier alpha value is -3.63. The standard InChI is InChI=1S/C25H25N2.C20H26NSi.Ir/c1-17(2)20-13-10-14-21(18(3)4)24(20)27-23-16-9-8-15-22(23)26-25(27)19-11-6-5-7-12-19;1-22(2,3)19-11-9-16(10-12-19)18-13-14-21-20(15-18)17-7-5-4-6-8-17;/h5-11,13-18H,1-4H3;4-7,13-16,19H,9-12H2,1-3H3;/q2*-1;/i17D,18D;;. The van der Waals surface area contributed by atoms with Gasteiger partial charge in [-0.3, -0.25) is 4.98 Å². The van der Waals surface area contributed by atoms with Gasteiger partial charge >= 0.3 is 0 Å². The second-order valence-electron chi connectivity index (χ2n) is 14.9. The van der Waals surface area contributed by atoms with Crippen LogP contribution >= 0.6 is 0 Å². The number of pyridine rings is 1. The molecular formula is C45H51IrN3Si-2. The third kappa shape index (κ3) is 8.45. The Labute approximate surface area is 317 Å². The number of benzene rings is 4. The van der Waals surface area contributed by atoms with Gasteiger partial charge < -0.3 is 9.55 Å². The first-order valence-electron chi connectivity index (χ1n) is 18.7. The Balaban J connectivity index is 0.000000205. The fourth-order valence-electron chi connectivity index (χ4n) is 7.25. The van der Waals surface area contributed by atoms with Crippen molar-refractivity contribution >= 4 is 19.1 Å². The number of rotatable bonds is 7. The van der Waals surface area contributed by atoms with E-state index < -0.39 is 19.9 Å². The number of aromatic nitrogens is 3. The molecule has 0 atom stereocenters. The van der Waals surface area contributed by atoms with Gasteiger partial charge in [-0.1, -0.05) is 102 Å². The van der Waals surface area contributed by atoms with Crippen molar-refractivity contribution in [1.82, 2.24) is 14.5 Å². The first-order valence-corrected chi connectivity index (χ1v) is 21.3. The predicted molar refractivity (Wildman–Crippen MR) is 210 cm³/mol. The molecule has 1 fully saturated rings. The number of hydrogen-bond acceptors (Lipinski definition) is 2. The molecule has 2 aromatic heterocycles. The number of nitrogens with zero attached hydrogens (tertiary/aromatic N) is 3. The fourth-order valence-corrected chi connectivity index (χ4v) is 9.32. The van der Waals surface area contributed by atoms with E-state index in [1.165, 1.54) is 31.2 Å². The molecule has 0 saturated heterocycles. The molecule has 4 aromatic carbocycles. The van der Waals surface area contributed by atoms with Gasteiger partial charge in [0.15, 0.2) is 0 Å². The molecule has 0 unspecified atom stereocenters. The van der Waals surface area contributed by atoms with Gasteiger partial charge in [0, 0.05) is 42.8 Å². The summed E-state index contributed by atoms with van der Waals surface area (Å²) in [5.41, 5.74) is 9.97. The van der Waals surface area contributed by atoms with E-state index in [9.17, 15) is 0 Å². The zero-order chi connectivity index (χ0) is 36.4. The molecule has 50 heavy (non-hydrogen) atoms. The van der Waals surface area contributed by atoms with E-state index in [0.29, 0.717) is 0 Å². The maximum atomic E-state index is 8.80. The van der Waals surface area contributed by atoms with Crippen LogP contribution in [0.3, 0.4) is 0 Å². The molecule has 0 spiro atoms. The third-order valence-corrected chi connectivity index (χ3v) is 13.1. The van der Waals surface area contributed by atoms with Crippen LogP contribution in [-0.2, 0) is 20.1 Å². The Bertz CT molecular complexity index is 2040. The molecule has 1 radical (unpaired) electrons. The summed E-state index contributed by atoms with van der Waals surface area (Å²) in [6.07, 6.45) is 7.48. The van der Waals surface area contributed by atoms with Crippen LogP contribution in [0.1, 0.15) is 90.5 Å². The maximum Gasteiger partial charge on any atom is 0.0774 e. The fraction of sp³-hybridized carbons (Fsp3) is 0.333. The summed E-state index contributed by atoms with van der Waals surface area (Å²) in [4.78, 5) is 9.45. The van der Waals surface area contributed by atoms with Gasteiger partial charge in [-0.15, -0.1) is 71.8 Å². The van der Waals surface area contributed by atoms with Crippen molar-refractivity contribution in [3.05, 3.63) is 138 Å². The van der Waals surface area contributed by atoms with Crippen molar-refractivity contribution in [2.75, 3.05) is 0 Å². The Morgan fingerprint density at radius 2 is 1.34 bits per heavy atom. The van der Waals surface area contributed by atoms with Crippen LogP contribution in [0.5, 0.6) is 0 Å². The summed E-state index contributed by atoms with van der Waals surface area (Å²) in [7, 11) is -0.968. The van der Waals surface area contributed by atoms with Crippen molar-refractivity contribution in [3.8, 4) is 28.3 Å². The molecule has 2 heterocycles. The van der Waals surface area contributed by atoms with E-state index in [1.54, 1.807) is 0 Å². The largest absolute Gasteiger partial charge is 0.333 e. The topological polar surface area (TPSA) is 30.7 Å². The normalized spacial score (nSPS) is 17.2. The van der Waals surface area contributed by atoms with Crippen LogP contribution < -0.4 is 0 Å². The van der Waals surface area contributed by atoms with Crippen LogP contribution in [0.15, 0.2) is 109 Å². The molecule has 3 nitrogen and oxygen atoms in total. The SMILES string of the molecule is C[Si](C)(C)C1CCC(c2ccnc(-c3[c-]cccc3)c2)CC1.[2H]C(C)(C)c1cccc(C([2H])(C)C)c1-n1c(-c2[c-]cccc2)nc2ccccc21.[Ir]. The molecule has 261 valence electrons. The average molecular weight is 856 g/mol. The summed E-state index contributed by atoms with van der Waals surface area (Å²) in [5.74, 6) is -0.175. The van der Waals surface area contributed by atoms with Gasteiger partial charge in [0.2, 0.25) is 0 Å². The van der Waals surface area contributed by atoms with Crippen molar-refractivity contribution in [1.29, 1.82) is 0 Å². The quantitative estimate of drug-likeness (QED) is 0.118. The maximum absolute atomic E-state index is 8.80. The Kier molecular flexibility index (Phi) is 11.5. The summed E-state index contributed by atoms with van der Waals surface area (Å²) in [6.45, 7) is 15.1. The first kappa shape index (κ1) is 34.8. The zero-order valence-electron chi connectivity index (χ0n) is 32.6. The van der Waals surface area contributed by atoms with Crippen molar-refractivity contribution in [2.45, 2.75) is 96.3 Å². The van der Waals surface area contributed by atoms with Crippen LogP contribution in [0, 0.1) is 12.1 Å². The third-order valence-electron chi connectivity index (χ3n) is 10.0. The van der Waals surface area contributed by atoms with Crippen LogP contribution in [-0.4, -0.2) is 22.6 Å². The molecule has 6 aromatic rings. The van der Waals surface area contributed by atoms with Gasteiger partial charge in [0.1, 0.15) is 0 Å². The summed E-state index contributed by atoms with van der Waals surface area (Å²) in [6, 6.07) is 40.9. The van der Waals surface area contributed by atoms with Gasteiger partial charge in [0.25, 0.3) is 0 Å². The molecule has 5 heteroatoms.